The van der Waals surface area contributed by atoms with E-state index in [0.717, 1.165) is 34.2 Å². The van der Waals surface area contributed by atoms with E-state index in [1.807, 2.05) is 60.7 Å². The summed E-state index contributed by atoms with van der Waals surface area (Å²) in [4.78, 5) is 14.8. The molecule has 1 fully saturated rings. The average Bonchev–Trinajstić information content (AvgIpc) is 3.52. The van der Waals surface area contributed by atoms with Gasteiger partial charge in [0.15, 0.2) is 17.5 Å². The molecule has 3 aliphatic rings. The SMILES string of the molecule is C1=CC2=C(CC1)c1ccc(-c3cccc(-c4cccc(-c5cccc(-c6nc(-c7ccccc7)nc(-c7ccccc7)n6)c5)c4)c3)cc1C21CCCCC1. The van der Waals surface area contributed by atoms with Gasteiger partial charge in [0, 0.05) is 22.1 Å². The van der Waals surface area contributed by atoms with Gasteiger partial charge in [0.2, 0.25) is 0 Å². The van der Waals surface area contributed by atoms with E-state index < -0.39 is 0 Å². The van der Waals surface area contributed by atoms with Gasteiger partial charge in [-0.15, -0.1) is 0 Å². The van der Waals surface area contributed by atoms with Crippen molar-refractivity contribution < 1.29 is 0 Å². The van der Waals surface area contributed by atoms with E-state index in [1.165, 1.54) is 66.3 Å². The molecule has 1 heterocycles. The zero-order chi connectivity index (χ0) is 35.9. The molecular formula is C51H41N3. The lowest BCUT2D eigenvalue weighted by molar-refractivity contribution is 0.350. The minimum atomic E-state index is 0.198. The summed E-state index contributed by atoms with van der Waals surface area (Å²) < 4.78 is 0. The predicted octanol–water partition coefficient (Wildman–Crippen LogP) is 13.2. The molecule has 0 bridgehead atoms. The van der Waals surface area contributed by atoms with E-state index >= 15 is 0 Å². The molecule has 0 radical (unpaired) electrons. The first-order chi connectivity index (χ1) is 26.7. The molecule has 3 aliphatic carbocycles. The van der Waals surface area contributed by atoms with Crippen LogP contribution in [0.5, 0.6) is 0 Å². The van der Waals surface area contributed by atoms with Crippen LogP contribution in [0.1, 0.15) is 56.1 Å². The van der Waals surface area contributed by atoms with E-state index in [2.05, 4.69) is 103 Å². The molecule has 7 aromatic rings. The Bertz CT molecular complexity index is 2520. The summed E-state index contributed by atoms with van der Waals surface area (Å²) in [7, 11) is 0. The summed E-state index contributed by atoms with van der Waals surface area (Å²) in [6.07, 6.45) is 13.8. The van der Waals surface area contributed by atoms with Crippen molar-refractivity contribution in [1.29, 1.82) is 0 Å². The van der Waals surface area contributed by atoms with E-state index in [9.17, 15) is 0 Å². The molecule has 260 valence electrons. The maximum Gasteiger partial charge on any atom is 0.164 e. The minimum absolute atomic E-state index is 0.198. The Balaban J connectivity index is 0.987. The quantitative estimate of drug-likeness (QED) is 0.174. The Morgan fingerprint density at radius 1 is 0.407 bits per heavy atom. The van der Waals surface area contributed by atoms with Crippen molar-refractivity contribution in [3.63, 3.8) is 0 Å². The van der Waals surface area contributed by atoms with Crippen LogP contribution in [0.2, 0.25) is 0 Å². The predicted molar refractivity (Wildman–Crippen MR) is 222 cm³/mol. The van der Waals surface area contributed by atoms with Crippen LogP contribution in [0.25, 0.3) is 73.1 Å². The fourth-order valence-electron chi connectivity index (χ4n) is 9.15. The van der Waals surface area contributed by atoms with Crippen molar-refractivity contribution >= 4 is 5.57 Å². The van der Waals surface area contributed by atoms with Gasteiger partial charge in [-0.25, -0.2) is 15.0 Å². The molecule has 3 heteroatoms. The number of rotatable bonds is 6. The number of hydrogen-bond donors (Lipinski definition) is 0. The zero-order valence-corrected chi connectivity index (χ0v) is 30.4. The third-order valence-corrected chi connectivity index (χ3v) is 11.8. The second-order valence-electron chi connectivity index (χ2n) is 15.0. The second-order valence-corrected chi connectivity index (χ2v) is 15.0. The fourth-order valence-corrected chi connectivity index (χ4v) is 9.15. The Morgan fingerprint density at radius 2 is 0.870 bits per heavy atom. The zero-order valence-electron chi connectivity index (χ0n) is 30.4. The van der Waals surface area contributed by atoms with Crippen molar-refractivity contribution in [2.45, 2.75) is 50.4 Å². The van der Waals surface area contributed by atoms with Gasteiger partial charge in [-0.05, 0) is 106 Å². The normalized spacial score (nSPS) is 15.6. The first-order valence-corrected chi connectivity index (χ1v) is 19.5. The Labute approximate surface area is 317 Å². The van der Waals surface area contributed by atoms with Gasteiger partial charge in [0.05, 0.1) is 0 Å². The maximum absolute atomic E-state index is 4.98. The minimum Gasteiger partial charge on any atom is -0.208 e. The lowest BCUT2D eigenvalue weighted by atomic mass is 9.66. The van der Waals surface area contributed by atoms with Crippen molar-refractivity contribution in [2.24, 2.45) is 0 Å². The Hall–Kier alpha value is -6.19. The number of allylic oxidation sites excluding steroid dienone is 4. The monoisotopic (exact) mass is 695 g/mol. The Morgan fingerprint density at radius 3 is 1.43 bits per heavy atom. The lowest BCUT2D eigenvalue weighted by Crippen LogP contribution is -2.29. The van der Waals surface area contributed by atoms with Crippen LogP contribution < -0.4 is 0 Å². The van der Waals surface area contributed by atoms with Crippen LogP contribution in [0.3, 0.4) is 0 Å². The summed E-state index contributed by atoms with van der Waals surface area (Å²) in [6.45, 7) is 0. The maximum atomic E-state index is 4.98. The van der Waals surface area contributed by atoms with E-state index in [0.29, 0.717) is 17.5 Å². The lowest BCUT2D eigenvalue weighted by Gasteiger charge is -2.37. The van der Waals surface area contributed by atoms with Gasteiger partial charge >= 0.3 is 0 Å². The molecule has 0 atom stereocenters. The van der Waals surface area contributed by atoms with Crippen LogP contribution in [-0.2, 0) is 5.41 Å². The molecule has 0 aliphatic heterocycles. The molecule has 0 saturated heterocycles. The van der Waals surface area contributed by atoms with E-state index in [4.69, 9.17) is 15.0 Å². The number of aromatic nitrogens is 3. The molecule has 1 aromatic heterocycles. The summed E-state index contributed by atoms with van der Waals surface area (Å²) >= 11 is 0. The highest BCUT2D eigenvalue weighted by molar-refractivity contribution is 5.86. The molecule has 10 rings (SSSR count). The third kappa shape index (κ3) is 5.81. The first-order valence-electron chi connectivity index (χ1n) is 19.5. The molecule has 3 nitrogen and oxygen atoms in total. The highest BCUT2D eigenvalue weighted by Crippen LogP contribution is 2.57. The number of benzene rings is 6. The van der Waals surface area contributed by atoms with Crippen LogP contribution in [0.4, 0.5) is 0 Å². The molecule has 54 heavy (non-hydrogen) atoms. The molecule has 1 spiro atoms. The van der Waals surface area contributed by atoms with Crippen LogP contribution in [-0.4, -0.2) is 15.0 Å². The van der Waals surface area contributed by atoms with E-state index in [1.54, 1.807) is 16.7 Å². The van der Waals surface area contributed by atoms with Gasteiger partial charge in [0.25, 0.3) is 0 Å². The van der Waals surface area contributed by atoms with Crippen LogP contribution >= 0.6 is 0 Å². The standard InChI is InChI=1S/C51H41N3/c1-4-15-35(16-5-1)48-52-49(36-17-6-2-7-18-36)54-50(53-48)43-24-14-23-41(33-43)39-21-12-19-37(31-39)38-20-13-22-40(32-38)42-27-28-45-44-25-8-9-26-46(44)51(47(45)34-42)29-10-3-11-30-51/h1-2,4-7,9,12-24,26-28,31-34H,3,8,10-11,25,29-30H2. The number of fused-ring (bicyclic) bond motifs is 4. The van der Waals surface area contributed by atoms with Crippen LogP contribution in [0, 0.1) is 0 Å². The van der Waals surface area contributed by atoms with Crippen LogP contribution in [0.15, 0.2) is 169 Å². The molecule has 0 unspecified atom stereocenters. The summed E-state index contributed by atoms with van der Waals surface area (Å²) in [5.74, 6) is 1.98. The fraction of sp³-hybridized carbons (Fsp3) is 0.157. The van der Waals surface area contributed by atoms with Gasteiger partial charge in [0.1, 0.15) is 0 Å². The molecular weight excluding hydrogens is 655 g/mol. The average molecular weight is 696 g/mol. The van der Waals surface area contributed by atoms with Crippen molar-refractivity contribution in [1.82, 2.24) is 15.0 Å². The largest absolute Gasteiger partial charge is 0.208 e. The first kappa shape index (κ1) is 32.5. The van der Waals surface area contributed by atoms with Gasteiger partial charge in [-0.2, -0.15) is 0 Å². The third-order valence-electron chi connectivity index (χ3n) is 11.8. The van der Waals surface area contributed by atoms with Gasteiger partial charge in [-0.1, -0.05) is 159 Å². The van der Waals surface area contributed by atoms with Crippen molar-refractivity contribution in [2.75, 3.05) is 0 Å². The number of hydrogen-bond acceptors (Lipinski definition) is 3. The highest BCUT2D eigenvalue weighted by Gasteiger charge is 2.44. The molecule has 0 N–H and O–H groups in total. The van der Waals surface area contributed by atoms with Gasteiger partial charge in [-0.3, -0.25) is 0 Å². The molecule has 0 amide bonds. The molecule has 6 aromatic carbocycles. The number of nitrogens with zero attached hydrogens (tertiary/aromatic N) is 3. The highest BCUT2D eigenvalue weighted by atomic mass is 15.0. The van der Waals surface area contributed by atoms with Crippen molar-refractivity contribution in [3.05, 3.63) is 181 Å². The summed E-state index contributed by atoms with van der Waals surface area (Å²) in [5.41, 5.74) is 16.7. The summed E-state index contributed by atoms with van der Waals surface area (Å²) in [5, 5.41) is 0. The smallest absolute Gasteiger partial charge is 0.164 e. The van der Waals surface area contributed by atoms with Crippen molar-refractivity contribution in [3.8, 4) is 67.5 Å². The summed E-state index contributed by atoms with van der Waals surface area (Å²) in [6, 6.07) is 54.1. The topological polar surface area (TPSA) is 38.7 Å². The van der Waals surface area contributed by atoms with E-state index in [-0.39, 0.29) is 5.41 Å². The second kappa shape index (κ2) is 13.7. The Kier molecular flexibility index (Phi) is 8.21. The molecule has 1 saturated carbocycles. The van der Waals surface area contributed by atoms with Gasteiger partial charge < -0.3 is 0 Å².